The smallest absolute Gasteiger partial charge is 0.240 e. The normalized spacial score (nSPS) is 11.1. The van der Waals surface area contributed by atoms with Gasteiger partial charge in [0.15, 0.2) is 0 Å². The van der Waals surface area contributed by atoms with E-state index in [1.165, 1.54) is 0 Å². The standard InChI is InChI=1S/C19H22N2O2/c1-3-23-18-12-10-17(11-13-18)15(2)20-21-19(22)14-9-16-7-5-4-6-8-16/h4-8,10-13H,3,9,14H2,1-2H3,(H,21,22)/b20-15+. The molecule has 0 radical (unpaired) electrons. The Balaban J connectivity index is 1.84. The highest BCUT2D eigenvalue weighted by atomic mass is 16.5. The highest BCUT2D eigenvalue weighted by Crippen LogP contribution is 2.12. The minimum Gasteiger partial charge on any atom is -0.494 e. The van der Waals surface area contributed by atoms with Gasteiger partial charge >= 0.3 is 0 Å². The molecule has 0 aliphatic carbocycles. The van der Waals surface area contributed by atoms with Crippen LogP contribution in [0.4, 0.5) is 0 Å². The number of aryl methyl sites for hydroxylation is 1. The van der Waals surface area contributed by atoms with E-state index in [4.69, 9.17) is 4.74 Å². The van der Waals surface area contributed by atoms with Gasteiger partial charge in [0.05, 0.1) is 12.3 Å². The van der Waals surface area contributed by atoms with Crippen LogP contribution < -0.4 is 10.2 Å². The third-order valence-corrected chi connectivity index (χ3v) is 3.41. The summed E-state index contributed by atoms with van der Waals surface area (Å²) in [4.78, 5) is 11.9. The first kappa shape index (κ1) is 16.7. The van der Waals surface area contributed by atoms with Gasteiger partial charge in [-0.15, -0.1) is 0 Å². The van der Waals surface area contributed by atoms with E-state index in [2.05, 4.69) is 10.5 Å². The molecule has 0 bridgehead atoms. The fraction of sp³-hybridized carbons (Fsp3) is 0.263. The molecule has 4 nitrogen and oxygen atoms in total. The second kappa shape index (κ2) is 8.73. The summed E-state index contributed by atoms with van der Waals surface area (Å²) in [5.41, 5.74) is 5.48. The minimum atomic E-state index is -0.0841. The third-order valence-electron chi connectivity index (χ3n) is 3.41. The van der Waals surface area contributed by atoms with E-state index >= 15 is 0 Å². The Morgan fingerprint density at radius 2 is 1.78 bits per heavy atom. The fourth-order valence-corrected chi connectivity index (χ4v) is 2.13. The number of nitrogens with zero attached hydrogens (tertiary/aromatic N) is 1. The minimum absolute atomic E-state index is 0.0841. The van der Waals surface area contributed by atoms with Crippen LogP contribution in [0.25, 0.3) is 0 Å². The van der Waals surface area contributed by atoms with Crippen molar-refractivity contribution in [1.82, 2.24) is 5.43 Å². The molecule has 0 atom stereocenters. The van der Waals surface area contributed by atoms with Crippen molar-refractivity contribution in [1.29, 1.82) is 0 Å². The summed E-state index contributed by atoms with van der Waals surface area (Å²) in [5.74, 6) is 0.745. The molecular weight excluding hydrogens is 288 g/mol. The fourth-order valence-electron chi connectivity index (χ4n) is 2.13. The number of nitrogens with one attached hydrogen (secondary N) is 1. The molecule has 0 aromatic heterocycles. The van der Waals surface area contributed by atoms with Gasteiger partial charge in [-0.25, -0.2) is 5.43 Å². The summed E-state index contributed by atoms with van der Waals surface area (Å²) >= 11 is 0. The summed E-state index contributed by atoms with van der Waals surface area (Å²) < 4.78 is 5.40. The highest BCUT2D eigenvalue weighted by molar-refractivity contribution is 5.99. The second-order valence-corrected chi connectivity index (χ2v) is 5.18. The zero-order valence-corrected chi connectivity index (χ0v) is 13.6. The van der Waals surface area contributed by atoms with Gasteiger partial charge in [-0.3, -0.25) is 4.79 Å². The molecule has 120 valence electrons. The topological polar surface area (TPSA) is 50.7 Å². The van der Waals surface area contributed by atoms with Gasteiger partial charge < -0.3 is 4.74 Å². The van der Waals surface area contributed by atoms with E-state index in [1.54, 1.807) is 0 Å². The molecule has 0 fully saturated rings. The Labute approximate surface area is 137 Å². The number of ether oxygens (including phenoxy) is 1. The number of hydrazone groups is 1. The lowest BCUT2D eigenvalue weighted by atomic mass is 10.1. The number of amides is 1. The monoisotopic (exact) mass is 310 g/mol. The van der Waals surface area contributed by atoms with E-state index < -0.39 is 0 Å². The number of carbonyl (C=O) groups is 1. The maximum Gasteiger partial charge on any atom is 0.240 e. The van der Waals surface area contributed by atoms with E-state index in [9.17, 15) is 4.79 Å². The van der Waals surface area contributed by atoms with Crippen molar-refractivity contribution in [2.24, 2.45) is 5.10 Å². The number of hydrogen-bond donors (Lipinski definition) is 1. The molecule has 0 saturated carbocycles. The average Bonchev–Trinajstić information content (AvgIpc) is 2.59. The van der Waals surface area contributed by atoms with Crippen LogP contribution in [0.5, 0.6) is 5.75 Å². The van der Waals surface area contributed by atoms with E-state index in [-0.39, 0.29) is 5.91 Å². The Hall–Kier alpha value is -2.62. The Bertz CT molecular complexity index is 649. The van der Waals surface area contributed by atoms with Crippen molar-refractivity contribution in [2.45, 2.75) is 26.7 Å². The van der Waals surface area contributed by atoms with Crippen molar-refractivity contribution < 1.29 is 9.53 Å². The van der Waals surface area contributed by atoms with E-state index in [1.807, 2.05) is 68.4 Å². The van der Waals surface area contributed by atoms with Gasteiger partial charge in [0.1, 0.15) is 5.75 Å². The lowest BCUT2D eigenvalue weighted by Gasteiger charge is -2.05. The van der Waals surface area contributed by atoms with E-state index in [0.29, 0.717) is 19.4 Å². The molecule has 0 spiro atoms. The third kappa shape index (κ3) is 5.58. The molecule has 4 heteroatoms. The maximum absolute atomic E-state index is 11.9. The Morgan fingerprint density at radius 3 is 2.43 bits per heavy atom. The zero-order chi connectivity index (χ0) is 16.5. The van der Waals surface area contributed by atoms with Gasteiger partial charge in [0.25, 0.3) is 0 Å². The lowest BCUT2D eigenvalue weighted by Crippen LogP contribution is -2.19. The number of hydrogen-bond acceptors (Lipinski definition) is 3. The second-order valence-electron chi connectivity index (χ2n) is 5.18. The average molecular weight is 310 g/mol. The molecule has 23 heavy (non-hydrogen) atoms. The van der Waals surface area contributed by atoms with Crippen LogP contribution in [0.1, 0.15) is 31.4 Å². The van der Waals surface area contributed by atoms with Crippen LogP contribution in [0.3, 0.4) is 0 Å². The van der Waals surface area contributed by atoms with Crippen molar-refractivity contribution in [2.75, 3.05) is 6.61 Å². The van der Waals surface area contributed by atoms with Gasteiger partial charge in [0, 0.05) is 6.42 Å². The SMILES string of the molecule is CCOc1ccc(/C(C)=N/NC(=O)CCc2ccccc2)cc1. The molecule has 0 aliphatic rings. The van der Waals surface area contributed by atoms with Gasteiger partial charge in [-0.2, -0.15) is 5.10 Å². The van der Waals surface area contributed by atoms with Crippen LogP contribution in [0, 0.1) is 0 Å². The van der Waals surface area contributed by atoms with Gasteiger partial charge in [0.2, 0.25) is 5.91 Å². The zero-order valence-electron chi connectivity index (χ0n) is 13.6. The molecule has 0 aliphatic heterocycles. The molecule has 0 unspecified atom stereocenters. The maximum atomic E-state index is 11.9. The largest absolute Gasteiger partial charge is 0.494 e. The van der Waals surface area contributed by atoms with Crippen LogP contribution in [0.15, 0.2) is 59.7 Å². The summed E-state index contributed by atoms with van der Waals surface area (Å²) in [5, 5.41) is 4.16. The molecule has 1 amide bonds. The summed E-state index contributed by atoms with van der Waals surface area (Å²) in [6, 6.07) is 17.6. The first-order valence-corrected chi connectivity index (χ1v) is 7.79. The van der Waals surface area contributed by atoms with Gasteiger partial charge in [-0.1, -0.05) is 30.3 Å². The van der Waals surface area contributed by atoms with Gasteiger partial charge in [-0.05, 0) is 55.7 Å². The molecular formula is C19H22N2O2. The number of benzene rings is 2. The van der Waals surface area contributed by atoms with Crippen molar-refractivity contribution >= 4 is 11.6 Å². The van der Waals surface area contributed by atoms with Crippen molar-refractivity contribution in [3.63, 3.8) is 0 Å². The Morgan fingerprint density at radius 1 is 1.09 bits per heavy atom. The van der Waals surface area contributed by atoms with E-state index in [0.717, 1.165) is 22.6 Å². The predicted molar refractivity (Wildman–Crippen MR) is 92.7 cm³/mol. The van der Waals surface area contributed by atoms with Crippen molar-refractivity contribution in [3.05, 3.63) is 65.7 Å². The predicted octanol–water partition coefficient (Wildman–Crippen LogP) is 3.56. The molecule has 0 saturated heterocycles. The molecule has 2 rings (SSSR count). The van der Waals surface area contributed by atoms with Crippen LogP contribution >= 0.6 is 0 Å². The van der Waals surface area contributed by atoms with Crippen LogP contribution in [-0.4, -0.2) is 18.2 Å². The molecule has 2 aromatic carbocycles. The summed E-state index contributed by atoms with van der Waals surface area (Å²) in [6.07, 6.45) is 1.13. The lowest BCUT2D eigenvalue weighted by molar-refractivity contribution is -0.121. The molecule has 1 N–H and O–H groups in total. The summed E-state index contributed by atoms with van der Waals surface area (Å²) in [7, 11) is 0. The van der Waals surface area contributed by atoms with Crippen molar-refractivity contribution in [3.8, 4) is 5.75 Å². The highest BCUT2D eigenvalue weighted by Gasteiger charge is 2.03. The Kier molecular flexibility index (Phi) is 6.36. The van der Waals surface area contributed by atoms with Crippen LogP contribution in [0.2, 0.25) is 0 Å². The quantitative estimate of drug-likeness (QED) is 0.628. The van der Waals surface area contributed by atoms with Crippen LogP contribution in [-0.2, 0) is 11.2 Å². The first-order valence-electron chi connectivity index (χ1n) is 7.79. The molecule has 0 heterocycles. The number of rotatable bonds is 7. The summed E-state index contributed by atoms with van der Waals surface area (Å²) in [6.45, 7) is 4.46. The molecule has 2 aromatic rings. The number of carbonyl (C=O) groups excluding carboxylic acids is 1. The first-order chi connectivity index (χ1) is 11.2.